The Morgan fingerprint density at radius 3 is 2.50 bits per heavy atom. The fourth-order valence-electron chi connectivity index (χ4n) is 1.16. The van der Waals surface area contributed by atoms with Crippen LogP contribution in [0.5, 0.6) is 0 Å². The topological polar surface area (TPSA) is 90.7 Å². The number of nitrogens with zero attached hydrogens (tertiary/aromatic N) is 2. The fraction of sp³-hybridized carbons (Fsp3) is 0.444. The lowest BCUT2D eigenvalue weighted by atomic mass is 10.3. The van der Waals surface area contributed by atoms with Gasteiger partial charge in [0.05, 0.1) is 27.4 Å². The number of aliphatic hydroxyl groups is 1. The van der Waals surface area contributed by atoms with E-state index >= 15 is 0 Å². The van der Waals surface area contributed by atoms with Gasteiger partial charge in [-0.05, 0) is 0 Å². The summed E-state index contributed by atoms with van der Waals surface area (Å²) in [5, 5.41) is 12.6. The van der Waals surface area contributed by atoms with Gasteiger partial charge in [0.15, 0.2) is 5.69 Å². The number of methoxy groups -OCH3 is 2. The number of carbonyl (C=O) groups is 2. The molecule has 0 aromatic carbocycles. The van der Waals surface area contributed by atoms with Crippen LogP contribution in [0.4, 0.5) is 0 Å². The molecular formula is C9H12N2O5. The van der Waals surface area contributed by atoms with Crippen molar-refractivity contribution >= 4 is 11.9 Å². The van der Waals surface area contributed by atoms with E-state index in [-0.39, 0.29) is 24.5 Å². The number of aliphatic hydroxyl groups excluding tert-OH is 1. The first kappa shape index (κ1) is 12.2. The van der Waals surface area contributed by atoms with Crippen molar-refractivity contribution in [1.29, 1.82) is 0 Å². The highest BCUT2D eigenvalue weighted by Gasteiger charge is 2.19. The van der Waals surface area contributed by atoms with Gasteiger partial charge in [-0.3, -0.25) is 4.68 Å². The monoisotopic (exact) mass is 228 g/mol. The van der Waals surface area contributed by atoms with Crippen LogP contribution in [0.25, 0.3) is 0 Å². The Labute approximate surface area is 91.6 Å². The van der Waals surface area contributed by atoms with Crippen LogP contribution in [-0.4, -0.2) is 47.7 Å². The molecule has 1 aromatic rings. The van der Waals surface area contributed by atoms with Gasteiger partial charge in [0, 0.05) is 6.07 Å². The maximum atomic E-state index is 11.3. The zero-order valence-electron chi connectivity index (χ0n) is 8.97. The maximum absolute atomic E-state index is 11.3. The van der Waals surface area contributed by atoms with Crippen molar-refractivity contribution in [3.8, 4) is 0 Å². The first-order chi connectivity index (χ1) is 7.63. The Bertz CT molecular complexity index is 399. The minimum absolute atomic E-state index is 0.00338. The maximum Gasteiger partial charge on any atom is 0.358 e. The minimum Gasteiger partial charge on any atom is -0.464 e. The van der Waals surface area contributed by atoms with Gasteiger partial charge in [-0.25, -0.2) is 9.59 Å². The van der Waals surface area contributed by atoms with E-state index < -0.39 is 11.9 Å². The molecule has 0 aliphatic carbocycles. The second-order valence-electron chi connectivity index (χ2n) is 2.84. The summed E-state index contributed by atoms with van der Waals surface area (Å²) in [5.41, 5.74) is 0.0910. The highest BCUT2D eigenvalue weighted by atomic mass is 16.5. The number of aromatic nitrogens is 2. The van der Waals surface area contributed by atoms with Crippen molar-refractivity contribution in [2.45, 2.75) is 6.54 Å². The molecule has 0 saturated carbocycles. The van der Waals surface area contributed by atoms with E-state index in [9.17, 15) is 9.59 Å². The molecule has 0 spiro atoms. The third-order valence-corrected chi connectivity index (χ3v) is 1.88. The molecule has 1 N–H and O–H groups in total. The van der Waals surface area contributed by atoms with E-state index in [4.69, 9.17) is 5.11 Å². The van der Waals surface area contributed by atoms with Gasteiger partial charge < -0.3 is 14.6 Å². The van der Waals surface area contributed by atoms with E-state index in [0.717, 1.165) is 0 Å². The van der Waals surface area contributed by atoms with E-state index in [2.05, 4.69) is 14.6 Å². The molecule has 0 radical (unpaired) electrons. The van der Waals surface area contributed by atoms with Crippen molar-refractivity contribution in [1.82, 2.24) is 9.78 Å². The molecule has 0 unspecified atom stereocenters. The van der Waals surface area contributed by atoms with Crippen molar-refractivity contribution < 1.29 is 24.2 Å². The van der Waals surface area contributed by atoms with E-state index in [0.29, 0.717) is 0 Å². The van der Waals surface area contributed by atoms with Crippen LogP contribution in [0.1, 0.15) is 21.0 Å². The van der Waals surface area contributed by atoms with Crippen LogP contribution < -0.4 is 0 Å². The summed E-state index contributed by atoms with van der Waals surface area (Å²) < 4.78 is 10.2. The number of rotatable bonds is 4. The Morgan fingerprint density at radius 1 is 1.38 bits per heavy atom. The third kappa shape index (κ3) is 2.37. The van der Waals surface area contributed by atoms with Gasteiger partial charge in [-0.15, -0.1) is 0 Å². The normalized spacial score (nSPS) is 9.94. The molecule has 0 aliphatic heterocycles. The predicted molar refractivity (Wildman–Crippen MR) is 52.0 cm³/mol. The zero-order chi connectivity index (χ0) is 12.1. The number of hydrogen-bond acceptors (Lipinski definition) is 6. The summed E-state index contributed by atoms with van der Waals surface area (Å²) in [6.07, 6.45) is 0. The van der Waals surface area contributed by atoms with E-state index in [1.54, 1.807) is 0 Å². The summed E-state index contributed by atoms with van der Waals surface area (Å²) in [6, 6.07) is 1.26. The van der Waals surface area contributed by atoms with Gasteiger partial charge in [-0.2, -0.15) is 5.10 Å². The number of ether oxygens (including phenoxy) is 2. The van der Waals surface area contributed by atoms with Crippen LogP contribution in [0.3, 0.4) is 0 Å². The Hall–Kier alpha value is -1.89. The molecule has 0 atom stereocenters. The largest absolute Gasteiger partial charge is 0.464 e. The van der Waals surface area contributed by atoms with Gasteiger partial charge in [0.1, 0.15) is 5.69 Å². The predicted octanol–water partition coefficient (Wildman–Crippen LogP) is -0.551. The quantitative estimate of drug-likeness (QED) is 0.695. The van der Waals surface area contributed by atoms with Crippen LogP contribution in [-0.2, 0) is 16.0 Å². The van der Waals surface area contributed by atoms with E-state index in [1.807, 2.05) is 0 Å². The fourth-order valence-corrected chi connectivity index (χ4v) is 1.16. The highest BCUT2D eigenvalue weighted by molar-refractivity contribution is 5.93. The molecule has 0 fully saturated rings. The number of carbonyl (C=O) groups excluding carboxylic acids is 2. The van der Waals surface area contributed by atoms with Crippen molar-refractivity contribution in [3.63, 3.8) is 0 Å². The standard InChI is InChI=1S/C9H12N2O5/c1-15-8(13)6-5-7(9(14)16-2)11(10-6)3-4-12/h5,12H,3-4H2,1-2H3. The minimum atomic E-state index is -0.651. The molecular weight excluding hydrogens is 216 g/mol. The first-order valence-corrected chi connectivity index (χ1v) is 4.49. The molecule has 0 bridgehead atoms. The molecule has 1 aromatic heterocycles. The number of esters is 2. The smallest absolute Gasteiger partial charge is 0.358 e. The summed E-state index contributed by atoms with van der Waals surface area (Å²) in [6.45, 7) is -0.103. The lowest BCUT2D eigenvalue weighted by Crippen LogP contribution is -2.14. The summed E-state index contributed by atoms with van der Waals surface area (Å²) in [5.74, 6) is -1.28. The average molecular weight is 228 g/mol. The molecule has 0 saturated heterocycles. The highest BCUT2D eigenvalue weighted by Crippen LogP contribution is 2.07. The van der Waals surface area contributed by atoms with Crippen LogP contribution in [0, 0.1) is 0 Å². The zero-order valence-corrected chi connectivity index (χ0v) is 8.97. The number of hydrogen-bond donors (Lipinski definition) is 1. The Morgan fingerprint density at radius 2 is 2.00 bits per heavy atom. The Balaban J connectivity index is 3.09. The molecule has 16 heavy (non-hydrogen) atoms. The molecule has 88 valence electrons. The lowest BCUT2D eigenvalue weighted by molar-refractivity contribution is 0.0579. The molecule has 7 nitrogen and oxygen atoms in total. The summed E-state index contributed by atoms with van der Waals surface area (Å²) >= 11 is 0. The first-order valence-electron chi connectivity index (χ1n) is 4.49. The molecule has 7 heteroatoms. The molecule has 1 heterocycles. The van der Waals surface area contributed by atoms with Crippen molar-refractivity contribution in [2.24, 2.45) is 0 Å². The van der Waals surface area contributed by atoms with Crippen LogP contribution in [0.15, 0.2) is 6.07 Å². The molecule has 1 rings (SSSR count). The van der Waals surface area contributed by atoms with Gasteiger partial charge in [0.25, 0.3) is 0 Å². The average Bonchev–Trinajstić information content (AvgIpc) is 2.71. The second kappa shape index (κ2) is 5.26. The molecule has 0 aliphatic rings. The van der Waals surface area contributed by atoms with Crippen molar-refractivity contribution in [3.05, 3.63) is 17.5 Å². The lowest BCUT2D eigenvalue weighted by Gasteiger charge is -2.02. The summed E-state index contributed by atoms with van der Waals surface area (Å²) in [4.78, 5) is 22.5. The summed E-state index contributed by atoms with van der Waals surface area (Å²) in [7, 11) is 2.43. The van der Waals surface area contributed by atoms with Crippen LogP contribution >= 0.6 is 0 Å². The molecule has 0 amide bonds. The van der Waals surface area contributed by atoms with Crippen LogP contribution in [0.2, 0.25) is 0 Å². The third-order valence-electron chi connectivity index (χ3n) is 1.88. The van der Waals surface area contributed by atoms with E-state index in [1.165, 1.54) is 25.0 Å². The van der Waals surface area contributed by atoms with Gasteiger partial charge >= 0.3 is 11.9 Å². The SMILES string of the molecule is COC(=O)c1cc(C(=O)OC)n(CCO)n1. The Kier molecular flexibility index (Phi) is 4.01. The van der Waals surface area contributed by atoms with Gasteiger partial charge in [-0.1, -0.05) is 0 Å². The second-order valence-corrected chi connectivity index (χ2v) is 2.84. The van der Waals surface area contributed by atoms with Gasteiger partial charge in [0.2, 0.25) is 0 Å². The van der Waals surface area contributed by atoms with Crippen molar-refractivity contribution in [2.75, 3.05) is 20.8 Å².